The minimum atomic E-state index is -0.267. The second-order valence-electron chi connectivity index (χ2n) is 3.69. The van der Waals surface area contributed by atoms with Gasteiger partial charge in [0.1, 0.15) is 0 Å². The van der Waals surface area contributed by atoms with Gasteiger partial charge in [0, 0.05) is 17.5 Å². The van der Waals surface area contributed by atoms with Gasteiger partial charge >= 0.3 is 0 Å². The first-order chi connectivity index (χ1) is 6.79. The van der Waals surface area contributed by atoms with E-state index in [1.807, 2.05) is 24.3 Å². The van der Waals surface area contributed by atoms with Crippen LogP contribution in [0.15, 0.2) is 24.3 Å². The fraction of sp³-hybridized carbons (Fsp3) is 0.455. The number of halogens is 1. The number of nitrogens with one attached hydrogen (secondary N) is 1. The third kappa shape index (κ3) is 1.92. The number of rotatable bonds is 1. The molecule has 0 amide bonds. The number of hydrogen-bond acceptors (Lipinski definition) is 2. The average Bonchev–Trinajstić information content (AvgIpc) is 2.20. The summed E-state index contributed by atoms with van der Waals surface area (Å²) in [6, 6.07) is 7.73. The molecule has 1 aliphatic rings. The van der Waals surface area contributed by atoms with Gasteiger partial charge in [-0.25, -0.2) is 0 Å². The van der Waals surface area contributed by atoms with Crippen LogP contribution >= 0.6 is 11.6 Å². The summed E-state index contributed by atoms with van der Waals surface area (Å²) in [5.74, 6) is 0.137. The van der Waals surface area contributed by atoms with Crippen LogP contribution in [0.5, 0.6) is 0 Å². The minimum Gasteiger partial charge on any atom is -0.392 e. The van der Waals surface area contributed by atoms with Gasteiger partial charge < -0.3 is 10.4 Å². The van der Waals surface area contributed by atoms with Gasteiger partial charge in [-0.2, -0.15) is 0 Å². The van der Waals surface area contributed by atoms with E-state index in [0.29, 0.717) is 0 Å². The Morgan fingerprint density at radius 2 is 2.14 bits per heavy atom. The molecule has 1 fully saturated rings. The van der Waals surface area contributed by atoms with Gasteiger partial charge in [-0.3, -0.25) is 0 Å². The molecule has 1 aliphatic heterocycles. The molecule has 76 valence electrons. The second-order valence-corrected chi connectivity index (χ2v) is 4.10. The molecule has 14 heavy (non-hydrogen) atoms. The highest BCUT2D eigenvalue weighted by atomic mass is 35.5. The van der Waals surface area contributed by atoms with Crippen molar-refractivity contribution in [3.05, 3.63) is 34.9 Å². The molecule has 1 heterocycles. The lowest BCUT2D eigenvalue weighted by atomic mass is 9.89. The van der Waals surface area contributed by atoms with Crippen molar-refractivity contribution < 1.29 is 5.11 Å². The molecule has 3 heteroatoms. The topological polar surface area (TPSA) is 32.3 Å². The summed E-state index contributed by atoms with van der Waals surface area (Å²) in [6.07, 6.45) is 0.534. The van der Waals surface area contributed by atoms with Crippen LogP contribution in [0.3, 0.4) is 0 Å². The molecule has 2 N–H and O–H groups in total. The zero-order valence-electron chi connectivity index (χ0n) is 7.91. The Morgan fingerprint density at radius 1 is 1.36 bits per heavy atom. The molecule has 1 saturated heterocycles. The quantitative estimate of drug-likeness (QED) is 0.742. The molecule has 2 unspecified atom stereocenters. The van der Waals surface area contributed by atoms with E-state index in [0.717, 1.165) is 30.1 Å². The van der Waals surface area contributed by atoms with Crippen LogP contribution in [0.25, 0.3) is 0 Å². The van der Waals surface area contributed by atoms with E-state index in [2.05, 4.69) is 5.32 Å². The first kappa shape index (κ1) is 9.97. The molecule has 0 radical (unpaired) electrons. The molecule has 2 rings (SSSR count). The Hall–Kier alpha value is -0.570. The standard InChI is InChI=1S/C11H14ClNO/c12-10-4-2-1-3-8(10)9-7-13-6-5-11(9)14/h1-4,9,11,13-14H,5-7H2. The van der Waals surface area contributed by atoms with Crippen molar-refractivity contribution in [3.63, 3.8) is 0 Å². The smallest absolute Gasteiger partial charge is 0.0633 e. The Kier molecular flexibility index (Phi) is 3.06. The summed E-state index contributed by atoms with van der Waals surface area (Å²) in [5, 5.41) is 13.9. The molecule has 2 atom stereocenters. The van der Waals surface area contributed by atoms with E-state index < -0.39 is 0 Å². The van der Waals surface area contributed by atoms with Gasteiger partial charge in [0.2, 0.25) is 0 Å². The summed E-state index contributed by atoms with van der Waals surface area (Å²) in [6.45, 7) is 1.70. The number of benzene rings is 1. The lowest BCUT2D eigenvalue weighted by Gasteiger charge is -2.29. The normalized spacial score (nSPS) is 27.6. The van der Waals surface area contributed by atoms with Gasteiger partial charge in [0.25, 0.3) is 0 Å². The van der Waals surface area contributed by atoms with Crippen molar-refractivity contribution in [2.45, 2.75) is 18.4 Å². The molecular weight excluding hydrogens is 198 g/mol. The Bertz CT molecular complexity index is 316. The predicted octanol–water partition coefficient (Wildman–Crippen LogP) is 1.78. The third-order valence-electron chi connectivity index (χ3n) is 2.75. The fourth-order valence-corrected chi connectivity index (χ4v) is 2.21. The number of aliphatic hydroxyl groups excluding tert-OH is 1. The first-order valence-corrected chi connectivity index (χ1v) is 5.30. The number of piperidine rings is 1. The number of hydrogen-bond donors (Lipinski definition) is 2. The minimum absolute atomic E-state index is 0.137. The fourth-order valence-electron chi connectivity index (χ4n) is 1.94. The largest absolute Gasteiger partial charge is 0.392 e. The van der Waals surface area contributed by atoms with Gasteiger partial charge in [0.15, 0.2) is 0 Å². The third-order valence-corrected chi connectivity index (χ3v) is 3.09. The van der Waals surface area contributed by atoms with E-state index in [4.69, 9.17) is 11.6 Å². The summed E-state index contributed by atoms with van der Waals surface area (Å²) < 4.78 is 0. The van der Waals surface area contributed by atoms with Crippen molar-refractivity contribution in [3.8, 4) is 0 Å². The summed E-state index contributed by atoms with van der Waals surface area (Å²) in [5.41, 5.74) is 1.05. The van der Waals surface area contributed by atoms with Gasteiger partial charge in [-0.1, -0.05) is 29.8 Å². The highest BCUT2D eigenvalue weighted by Crippen LogP contribution is 2.29. The maximum absolute atomic E-state index is 9.85. The van der Waals surface area contributed by atoms with Crippen LogP contribution in [0, 0.1) is 0 Å². The Labute approximate surface area is 88.9 Å². The van der Waals surface area contributed by atoms with E-state index >= 15 is 0 Å². The monoisotopic (exact) mass is 211 g/mol. The van der Waals surface area contributed by atoms with Crippen LogP contribution in [0.1, 0.15) is 17.9 Å². The molecule has 0 bridgehead atoms. The first-order valence-electron chi connectivity index (χ1n) is 4.92. The maximum Gasteiger partial charge on any atom is 0.0633 e. The highest BCUT2D eigenvalue weighted by Gasteiger charge is 2.25. The number of aliphatic hydroxyl groups is 1. The molecule has 0 spiro atoms. The molecule has 0 aromatic heterocycles. The van der Waals surface area contributed by atoms with E-state index in [-0.39, 0.29) is 12.0 Å². The maximum atomic E-state index is 9.85. The highest BCUT2D eigenvalue weighted by molar-refractivity contribution is 6.31. The van der Waals surface area contributed by atoms with Crippen molar-refractivity contribution in [1.82, 2.24) is 5.32 Å². The van der Waals surface area contributed by atoms with E-state index in [9.17, 15) is 5.11 Å². The molecule has 2 nitrogen and oxygen atoms in total. The van der Waals surface area contributed by atoms with Crippen molar-refractivity contribution in [2.75, 3.05) is 13.1 Å². The van der Waals surface area contributed by atoms with Crippen molar-refractivity contribution in [2.24, 2.45) is 0 Å². The summed E-state index contributed by atoms with van der Waals surface area (Å²) >= 11 is 6.08. The van der Waals surface area contributed by atoms with E-state index in [1.54, 1.807) is 0 Å². The Balaban J connectivity index is 2.25. The average molecular weight is 212 g/mol. The summed E-state index contributed by atoms with van der Waals surface area (Å²) in [4.78, 5) is 0. The van der Waals surface area contributed by atoms with Crippen LogP contribution in [0.2, 0.25) is 5.02 Å². The molecule has 1 aromatic carbocycles. The van der Waals surface area contributed by atoms with Gasteiger partial charge in [0.05, 0.1) is 6.10 Å². The SMILES string of the molecule is OC1CCNCC1c1ccccc1Cl. The second kappa shape index (κ2) is 4.30. The predicted molar refractivity (Wildman–Crippen MR) is 57.7 cm³/mol. The lowest BCUT2D eigenvalue weighted by Crippen LogP contribution is -2.38. The summed E-state index contributed by atoms with van der Waals surface area (Å²) in [7, 11) is 0. The van der Waals surface area contributed by atoms with Crippen LogP contribution in [-0.2, 0) is 0 Å². The van der Waals surface area contributed by atoms with Crippen LogP contribution in [0.4, 0.5) is 0 Å². The molecule has 1 aromatic rings. The van der Waals surface area contributed by atoms with Crippen LogP contribution in [-0.4, -0.2) is 24.3 Å². The lowest BCUT2D eigenvalue weighted by molar-refractivity contribution is 0.114. The van der Waals surface area contributed by atoms with E-state index in [1.165, 1.54) is 0 Å². The van der Waals surface area contributed by atoms with Crippen molar-refractivity contribution in [1.29, 1.82) is 0 Å². The van der Waals surface area contributed by atoms with Crippen LogP contribution < -0.4 is 5.32 Å². The van der Waals surface area contributed by atoms with Gasteiger partial charge in [-0.05, 0) is 24.6 Å². The van der Waals surface area contributed by atoms with Gasteiger partial charge in [-0.15, -0.1) is 0 Å². The zero-order chi connectivity index (χ0) is 9.97. The molecule has 0 saturated carbocycles. The molecule has 0 aliphatic carbocycles. The Morgan fingerprint density at radius 3 is 2.86 bits per heavy atom. The van der Waals surface area contributed by atoms with Crippen molar-refractivity contribution >= 4 is 11.6 Å². The molecular formula is C11H14ClNO. The zero-order valence-corrected chi connectivity index (χ0v) is 8.67.